The van der Waals surface area contributed by atoms with Gasteiger partial charge in [0.15, 0.2) is 12.2 Å². The highest BCUT2D eigenvalue weighted by molar-refractivity contribution is 7.92. The Hall–Kier alpha value is -4.25. The predicted molar refractivity (Wildman–Crippen MR) is 113 cm³/mol. The third-order valence-corrected chi connectivity index (χ3v) is 5.76. The van der Waals surface area contributed by atoms with Gasteiger partial charge in [-0.15, -0.1) is 0 Å². The number of rotatable bonds is 7. The number of nitro benzene ring substituents is 1. The second-order valence-electron chi connectivity index (χ2n) is 6.56. The van der Waals surface area contributed by atoms with Crippen molar-refractivity contribution in [3.8, 4) is 0 Å². The molecule has 0 unspecified atom stereocenters. The third-order valence-electron chi connectivity index (χ3n) is 4.39. The van der Waals surface area contributed by atoms with Gasteiger partial charge in [0, 0.05) is 12.1 Å². The van der Waals surface area contributed by atoms with Gasteiger partial charge in [-0.2, -0.15) is 0 Å². The molecular weight excluding hydrogens is 438 g/mol. The Labute approximate surface area is 181 Å². The molecule has 0 aliphatic carbocycles. The van der Waals surface area contributed by atoms with Crippen LogP contribution in [-0.2, 0) is 21.4 Å². The number of sulfonamides is 1. The van der Waals surface area contributed by atoms with E-state index in [0.29, 0.717) is 11.1 Å². The standard InChI is InChI=1S/C21H15N3O7S/c25-21(30-13-20-22-18-10-3-4-11-19(18)31-20)16-8-1-2-9-17(16)23-32(28,29)15-7-5-6-14(12-15)24(26)27/h1-12,23H,13H2. The van der Waals surface area contributed by atoms with Crippen molar-refractivity contribution in [2.24, 2.45) is 0 Å². The highest BCUT2D eigenvalue weighted by Gasteiger charge is 2.21. The van der Waals surface area contributed by atoms with Crippen LogP contribution >= 0.6 is 0 Å². The van der Waals surface area contributed by atoms with Crippen LogP contribution in [0.3, 0.4) is 0 Å². The van der Waals surface area contributed by atoms with Crippen LogP contribution in [0.2, 0.25) is 0 Å². The summed E-state index contributed by atoms with van der Waals surface area (Å²) in [6.07, 6.45) is 0. The molecule has 11 heteroatoms. The van der Waals surface area contributed by atoms with Gasteiger partial charge in [-0.05, 0) is 30.3 Å². The van der Waals surface area contributed by atoms with E-state index in [0.717, 1.165) is 6.07 Å². The van der Waals surface area contributed by atoms with Gasteiger partial charge in [0.05, 0.1) is 21.1 Å². The number of hydrogen-bond acceptors (Lipinski definition) is 8. The largest absolute Gasteiger partial charge is 0.452 e. The predicted octanol–water partition coefficient (Wildman–Crippen LogP) is 3.89. The van der Waals surface area contributed by atoms with E-state index in [1.165, 1.54) is 36.4 Å². The minimum atomic E-state index is -4.20. The minimum absolute atomic E-state index is 0.0402. The van der Waals surface area contributed by atoms with Crippen LogP contribution in [0.25, 0.3) is 11.1 Å². The Morgan fingerprint density at radius 1 is 1.06 bits per heavy atom. The first-order valence-electron chi connectivity index (χ1n) is 9.21. The summed E-state index contributed by atoms with van der Waals surface area (Å²) in [4.78, 5) is 26.7. The SMILES string of the molecule is O=C(OCc1nc2ccccc2o1)c1ccccc1NS(=O)(=O)c1cccc([N+](=O)[O-])c1. The summed E-state index contributed by atoms with van der Waals surface area (Å²) in [7, 11) is -4.20. The molecule has 3 aromatic carbocycles. The van der Waals surface area contributed by atoms with Crippen molar-refractivity contribution >= 4 is 38.5 Å². The van der Waals surface area contributed by atoms with Crippen LogP contribution in [-0.4, -0.2) is 24.3 Å². The molecule has 162 valence electrons. The molecule has 4 rings (SSSR count). The summed E-state index contributed by atoms with van der Waals surface area (Å²) in [6.45, 7) is -0.251. The molecule has 1 N–H and O–H groups in total. The van der Waals surface area contributed by atoms with Crippen LogP contribution in [0, 0.1) is 10.1 Å². The number of ether oxygens (including phenoxy) is 1. The zero-order valence-electron chi connectivity index (χ0n) is 16.3. The zero-order chi connectivity index (χ0) is 22.7. The van der Waals surface area contributed by atoms with Crippen molar-refractivity contribution in [2.45, 2.75) is 11.5 Å². The second-order valence-corrected chi connectivity index (χ2v) is 8.24. The number of nitrogens with zero attached hydrogens (tertiary/aromatic N) is 2. The first-order valence-corrected chi connectivity index (χ1v) is 10.7. The fraction of sp³-hybridized carbons (Fsp3) is 0.0476. The first-order chi connectivity index (χ1) is 15.3. The summed E-state index contributed by atoms with van der Waals surface area (Å²) in [5.74, 6) is -0.612. The average molecular weight is 453 g/mol. The number of nitro groups is 1. The van der Waals surface area contributed by atoms with Crippen LogP contribution in [0.5, 0.6) is 0 Å². The van der Waals surface area contributed by atoms with E-state index in [9.17, 15) is 23.3 Å². The van der Waals surface area contributed by atoms with Gasteiger partial charge in [0.25, 0.3) is 15.7 Å². The number of non-ortho nitro benzene ring substituents is 1. The monoisotopic (exact) mass is 453 g/mol. The van der Waals surface area contributed by atoms with E-state index < -0.39 is 20.9 Å². The molecule has 0 atom stereocenters. The number of esters is 1. The smallest absolute Gasteiger partial charge is 0.340 e. The molecule has 0 saturated carbocycles. The number of carbonyl (C=O) groups is 1. The number of fused-ring (bicyclic) bond motifs is 1. The first kappa shape index (κ1) is 21.0. The van der Waals surface area contributed by atoms with Gasteiger partial charge in [-0.1, -0.05) is 30.3 Å². The lowest BCUT2D eigenvalue weighted by atomic mass is 10.2. The van der Waals surface area contributed by atoms with Crippen LogP contribution in [0.1, 0.15) is 16.2 Å². The Balaban J connectivity index is 1.53. The molecule has 0 fully saturated rings. The number of anilines is 1. The van der Waals surface area contributed by atoms with Gasteiger partial charge in [0.1, 0.15) is 5.52 Å². The van der Waals surface area contributed by atoms with Gasteiger partial charge in [0.2, 0.25) is 5.89 Å². The number of nitrogens with one attached hydrogen (secondary N) is 1. The highest BCUT2D eigenvalue weighted by Crippen LogP contribution is 2.24. The average Bonchev–Trinajstić information content (AvgIpc) is 3.21. The maximum Gasteiger partial charge on any atom is 0.340 e. The summed E-state index contributed by atoms with van der Waals surface area (Å²) >= 11 is 0. The Bertz CT molecular complexity index is 1400. The molecular formula is C21H15N3O7S. The molecule has 4 aromatic rings. The molecule has 0 aliphatic heterocycles. The fourth-order valence-corrected chi connectivity index (χ4v) is 4.02. The number of carbonyl (C=O) groups excluding carboxylic acids is 1. The molecule has 32 heavy (non-hydrogen) atoms. The lowest BCUT2D eigenvalue weighted by Crippen LogP contribution is -2.16. The van der Waals surface area contributed by atoms with Gasteiger partial charge in [-0.3, -0.25) is 14.8 Å². The molecule has 1 heterocycles. The van der Waals surface area contributed by atoms with Crippen molar-refractivity contribution < 1.29 is 27.3 Å². The van der Waals surface area contributed by atoms with Gasteiger partial charge < -0.3 is 9.15 Å². The lowest BCUT2D eigenvalue weighted by Gasteiger charge is -2.12. The fourth-order valence-electron chi connectivity index (χ4n) is 2.90. The van der Waals surface area contributed by atoms with Crippen molar-refractivity contribution in [1.29, 1.82) is 0 Å². The number of oxazole rings is 1. The third kappa shape index (κ3) is 4.42. The summed E-state index contributed by atoms with van der Waals surface area (Å²) in [6, 6.07) is 17.5. The Morgan fingerprint density at radius 3 is 2.59 bits per heavy atom. The van der Waals surface area contributed by atoms with Crippen molar-refractivity contribution in [2.75, 3.05) is 4.72 Å². The summed E-state index contributed by atoms with van der Waals surface area (Å²) < 4.78 is 38.5. The number of benzene rings is 3. The van der Waals surface area contributed by atoms with E-state index in [1.54, 1.807) is 30.3 Å². The minimum Gasteiger partial charge on any atom is -0.452 e. The van der Waals surface area contributed by atoms with E-state index in [1.807, 2.05) is 0 Å². The number of hydrogen-bond donors (Lipinski definition) is 1. The molecule has 0 spiro atoms. The molecule has 0 amide bonds. The second kappa shape index (κ2) is 8.47. The van der Waals surface area contributed by atoms with Gasteiger partial charge in [-0.25, -0.2) is 18.2 Å². The van der Waals surface area contributed by atoms with E-state index in [4.69, 9.17) is 9.15 Å². The number of para-hydroxylation sites is 3. The van der Waals surface area contributed by atoms with Crippen molar-refractivity contribution in [3.05, 3.63) is 94.4 Å². The van der Waals surface area contributed by atoms with E-state index >= 15 is 0 Å². The maximum atomic E-state index is 12.7. The number of aromatic nitrogens is 1. The van der Waals surface area contributed by atoms with Gasteiger partial charge >= 0.3 is 5.97 Å². The van der Waals surface area contributed by atoms with Crippen molar-refractivity contribution in [3.63, 3.8) is 0 Å². The van der Waals surface area contributed by atoms with Crippen molar-refractivity contribution in [1.82, 2.24) is 4.98 Å². The topological polar surface area (TPSA) is 142 Å². The molecule has 10 nitrogen and oxygen atoms in total. The molecule has 0 radical (unpaired) electrons. The molecule has 0 aliphatic rings. The molecule has 0 bridgehead atoms. The van der Waals surface area contributed by atoms with Crippen LogP contribution < -0.4 is 4.72 Å². The Morgan fingerprint density at radius 2 is 1.81 bits per heavy atom. The summed E-state index contributed by atoms with van der Waals surface area (Å²) in [5, 5.41) is 10.9. The van der Waals surface area contributed by atoms with E-state index in [2.05, 4.69) is 9.71 Å². The van der Waals surface area contributed by atoms with Crippen LogP contribution in [0.4, 0.5) is 11.4 Å². The lowest BCUT2D eigenvalue weighted by molar-refractivity contribution is -0.385. The quantitative estimate of drug-likeness (QED) is 0.252. The van der Waals surface area contributed by atoms with E-state index in [-0.39, 0.29) is 34.3 Å². The zero-order valence-corrected chi connectivity index (χ0v) is 17.1. The molecule has 1 aromatic heterocycles. The maximum absolute atomic E-state index is 12.7. The van der Waals surface area contributed by atoms with Crippen LogP contribution in [0.15, 0.2) is 82.1 Å². The Kier molecular flexibility index (Phi) is 5.56. The highest BCUT2D eigenvalue weighted by atomic mass is 32.2. The molecule has 0 saturated heterocycles. The normalized spacial score (nSPS) is 11.2. The summed E-state index contributed by atoms with van der Waals surface area (Å²) in [5.41, 5.74) is 0.699.